The first kappa shape index (κ1) is 27.1. The number of nitrogens with two attached hydrogens (primary N) is 1. The van der Waals surface area contributed by atoms with E-state index in [0.29, 0.717) is 32.2 Å². The number of rotatable bonds is 11. The zero-order valence-corrected chi connectivity index (χ0v) is 20.6. The molecule has 1 aromatic carbocycles. The summed E-state index contributed by atoms with van der Waals surface area (Å²) in [4.78, 5) is 52.5. The minimum atomic E-state index is -0.805. The van der Waals surface area contributed by atoms with Crippen molar-refractivity contribution >= 4 is 29.7 Å². The predicted molar refractivity (Wildman–Crippen MR) is 132 cm³/mol. The zero-order valence-electron chi connectivity index (χ0n) is 20.6. The summed E-state index contributed by atoms with van der Waals surface area (Å²) in [7, 11) is 0. The fourth-order valence-electron chi connectivity index (χ4n) is 4.07. The Labute approximate surface area is 202 Å². The molecule has 1 aromatic rings. The van der Waals surface area contributed by atoms with Crippen molar-refractivity contribution in [3.05, 3.63) is 42.0 Å². The molecule has 1 aliphatic rings. The van der Waals surface area contributed by atoms with Gasteiger partial charge in [-0.05, 0) is 36.3 Å². The van der Waals surface area contributed by atoms with Crippen LogP contribution in [-0.4, -0.2) is 53.2 Å². The molecule has 0 spiro atoms. The first-order valence-corrected chi connectivity index (χ1v) is 12.1. The third-order valence-corrected chi connectivity index (χ3v) is 6.66. The Balaban J connectivity index is 2.16. The molecule has 5 atom stereocenters. The Kier molecular flexibility index (Phi) is 10.3. The second-order valence-corrected chi connectivity index (χ2v) is 9.08. The summed E-state index contributed by atoms with van der Waals surface area (Å²) in [6.45, 7) is 8.09. The summed E-state index contributed by atoms with van der Waals surface area (Å²) >= 11 is 0. The Morgan fingerprint density at radius 3 is 2.24 bits per heavy atom. The fourth-order valence-corrected chi connectivity index (χ4v) is 4.07. The first-order valence-electron chi connectivity index (χ1n) is 12.1. The molecule has 0 radical (unpaired) electrons. The van der Waals surface area contributed by atoms with E-state index < -0.39 is 29.9 Å². The van der Waals surface area contributed by atoms with Gasteiger partial charge in [-0.25, -0.2) is 0 Å². The van der Waals surface area contributed by atoms with E-state index in [1.54, 1.807) is 6.08 Å². The molecule has 1 fully saturated rings. The number of hydrogen-bond acceptors (Lipinski definition) is 4. The third-order valence-electron chi connectivity index (χ3n) is 6.66. The van der Waals surface area contributed by atoms with Crippen LogP contribution in [0.25, 0.3) is 6.08 Å². The lowest BCUT2D eigenvalue weighted by Gasteiger charge is -2.32. The Morgan fingerprint density at radius 1 is 1.03 bits per heavy atom. The van der Waals surface area contributed by atoms with E-state index in [9.17, 15) is 19.2 Å². The van der Waals surface area contributed by atoms with Crippen molar-refractivity contribution in [2.75, 3.05) is 6.54 Å². The van der Waals surface area contributed by atoms with E-state index in [1.807, 2.05) is 58.0 Å². The second kappa shape index (κ2) is 12.9. The number of nitrogens with zero attached hydrogens (tertiary/aromatic N) is 1. The van der Waals surface area contributed by atoms with Crippen molar-refractivity contribution in [1.82, 2.24) is 15.5 Å². The number of nitrogens with one attached hydrogen (secondary N) is 2. The molecule has 0 bridgehead atoms. The van der Waals surface area contributed by atoms with Crippen molar-refractivity contribution < 1.29 is 19.2 Å². The molecule has 8 nitrogen and oxygen atoms in total. The number of likely N-dealkylation sites (tertiary alicyclic amines) is 1. The average molecular weight is 471 g/mol. The summed E-state index contributed by atoms with van der Waals surface area (Å²) < 4.78 is 0. The van der Waals surface area contributed by atoms with Gasteiger partial charge < -0.3 is 21.3 Å². The summed E-state index contributed by atoms with van der Waals surface area (Å²) in [5.41, 5.74) is 6.37. The first-order chi connectivity index (χ1) is 16.2. The van der Waals surface area contributed by atoms with Gasteiger partial charge in [-0.1, -0.05) is 70.9 Å². The van der Waals surface area contributed by atoms with Crippen molar-refractivity contribution in [3.63, 3.8) is 0 Å². The lowest BCUT2D eigenvalue weighted by Crippen LogP contribution is -2.59. The number of benzene rings is 1. The standard InChI is InChI=1S/C26H38N4O4/c1-5-17(3)22(28-21(31)15-14-19-11-8-7-9-12-19)25(33)29-23(18(4)6-2)26(34)30-16-10-13-20(30)24(27)32/h7-9,11-12,14-15,17-18,20,22-23H,5-6,10,13,16H2,1-4H3,(H2,27,32)(H,28,31)(H,29,33)/b15-14+. The summed E-state index contributed by atoms with van der Waals surface area (Å²) in [5.74, 6) is -1.94. The van der Waals surface area contributed by atoms with Gasteiger partial charge in [0, 0.05) is 12.6 Å². The number of hydrogen-bond donors (Lipinski definition) is 3. The number of carbonyl (C=O) groups is 4. The molecule has 34 heavy (non-hydrogen) atoms. The number of carbonyl (C=O) groups excluding carboxylic acids is 4. The van der Waals surface area contributed by atoms with Crippen LogP contribution in [0.5, 0.6) is 0 Å². The molecule has 0 aliphatic carbocycles. The predicted octanol–water partition coefficient (Wildman–Crippen LogP) is 2.24. The SMILES string of the molecule is CCC(C)C(NC(=O)/C=C/c1ccccc1)C(=O)NC(C(=O)N1CCCC1C(N)=O)C(C)CC. The third kappa shape index (κ3) is 7.17. The van der Waals surface area contributed by atoms with Crippen LogP contribution in [0.3, 0.4) is 0 Å². The molecule has 1 heterocycles. The van der Waals surface area contributed by atoms with E-state index >= 15 is 0 Å². The van der Waals surface area contributed by atoms with E-state index in [4.69, 9.17) is 5.73 Å². The molecular weight excluding hydrogens is 432 g/mol. The summed E-state index contributed by atoms with van der Waals surface area (Å²) in [6, 6.07) is 7.15. The molecule has 1 aliphatic heterocycles. The molecule has 4 amide bonds. The minimum Gasteiger partial charge on any atom is -0.368 e. The van der Waals surface area contributed by atoms with Crippen LogP contribution in [0.4, 0.5) is 0 Å². The van der Waals surface area contributed by atoms with E-state index in [-0.39, 0.29) is 23.7 Å². The largest absolute Gasteiger partial charge is 0.368 e. The van der Waals surface area contributed by atoms with Crippen LogP contribution in [0.1, 0.15) is 58.9 Å². The van der Waals surface area contributed by atoms with E-state index in [0.717, 1.165) is 5.56 Å². The molecule has 0 aromatic heterocycles. The van der Waals surface area contributed by atoms with Gasteiger partial charge in [0.1, 0.15) is 18.1 Å². The van der Waals surface area contributed by atoms with Gasteiger partial charge in [0.25, 0.3) is 0 Å². The molecule has 4 N–H and O–H groups in total. The maximum atomic E-state index is 13.3. The Hall–Kier alpha value is -3.16. The van der Waals surface area contributed by atoms with Crippen LogP contribution >= 0.6 is 0 Å². The second-order valence-electron chi connectivity index (χ2n) is 9.08. The highest BCUT2D eigenvalue weighted by Gasteiger charge is 2.39. The van der Waals surface area contributed by atoms with Gasteiger partial charge in [-0.3, -0.25) is 19.2 Å². The molecule has 2 rings (SSSR count). The van der Waals surface area contributed by atoms with Crippen molar-refractivity contribution in [1.29, 1.82) is 0 Å². The van der Waals surface area contributed by atoms with E-state index in [2.05, 4.69) is 10.6 Å². The molecule has 5 unspecified atom stereocenters. The zero-order chi connectivity index (χ0) is 25.3. The Morgan fingerprint density at radius 2 is 1.65 bits per heavy atom. The van der Waals surface area contributed by atoms with Gasteiger partial charge in [-0.2, -0.15) is 0 Å². The maximum Gasteiger partial charge on any atom is 0.246 e. The van der Waals surface area contributed by atoms with Gasteiger partial charge in [0.2, 0.25) is 23.6 Å². The number of amides is 4. The molecule has 8 heteroatoms. The highest BCUT2D eigenvalue weighted by atomic mass is 16.2. The highest BCUT2D eigenvalue weighted by molar-refractivity contribution is 5.97. The van der Waals surface area contributed by atoms with Crippen LogP contribution in [0.15, 0.2) is 36.4 Å². The molecule has 1 saturated heterocycles. The van der Waals surface area contributed by atoms with Crippen LogP contribution in [0, 0.1) is 11.8 Å². The van der Waals surface area contributed by atoms with Gasteiger partial charge >= 0.3 is 0 Å². The van der Waals surface area contributed by atoms with Crippen molar-refractivity contribution in [2.24, 2.45) is 17.6 Å². The lowest BCUT2D eigenvalue weighted by atomic mass is 9.94. The number of primary amides is 1. The van der Waals surface area contributed by atoms with Crippen molar-refractivity contribution in [3.8, 4) is 0 Å². The van der Waals surface area contributed by atoms with E-state index in [1.165, 1.54) is 11.0 Å². The minimum absolute atomic E-state index is 0.146. The molecule has 0 saturated carbocycles. The average Bonchev–Trinajstić information content (AvgIpc) is 3.34. The summed E-state index contributed by atoms with van der Waals surface area (Å²) in [5, 5.41) is 5.68. The van der Waals surface area contributed by atoms with Crippen LogP contribution in [-0.2, 0) is 19.2 Å². The molecule has 186 valence electrons. The lowest BCUT2D eigenvalue weighted by molar-refractivity contribution is -0.142. The topological polar surface area (TPSA) is 122 Å². The monoisotopic (exact) mass is 470 g/mol. The fraction of sp³-hybridized carbons (Fsp3) is 0.538. The summed E-state index contributed by atoms with van der Waals surface area (Å²) in [6.07, 6.45) is 5.63. The Bertz CT molecular complexity index is 886. The highest BCUT2D eigenvalue weighted by Crippen LogP contribution is 2.21. The maximum absolute atomic E-state index is 13.3. The van der Waals surface area contributed by atoms with Crippen LogP contribution < -0.4 is 16.4 Å². The normalized spacial score (nSPS) is 19.3. The van der Waals surface area contributed by atoms with Gasteiger partial charge in [0.15, 0.2) is 0 Å². The van der Waals surface area contributed by atoms with Crippen LogP contribution in [0.2, 0.25) is 0 Å². The van der Waals surface area contributed by atoms with Gasteiger partial charge in [-0.15, -0.1) is 0 Å². The smallest absolute Gasteiger partial charge is 0.246 e. The molecular formula is C26H38N4O4. The van der Waals surface area contributed by atoms with Crippen molar-refractivity contribution in [2.45, 2.75) is 71.5 Å². The van der Waals surface area contributed by atoms with Gasteiger partial charge in [0.05, 0.1) is 0 Å². The quantitative estimate of drug-likeness (QED) is 0.429.